The van der Waals surface area contributed by atoms with E-state index in [2.05, 4.69) is 0 Å². The van der Waals surface area contributed by atoms with Crippen molar-refractivity contribution in [3.8, 4) is 0 Å². The summed E-state index contributed by atoms with van der Waals surface area (Å²) in [4.78, 5) is 11.5. The van der Waals surface area contributed by atoms with Crippen LogP contribution in [0, 0.1) is 0 Å². The Morgan fingerprint density at radius 1 is 1.20 bits per heavy atom. The molecule has 0 spiro atoms. The molecule has 1 aromatic carbocycles. The van der Waals surface area contributed by atoms with Gasteiger partial charge in [0.05, 0.1) is 13.2 Å². The standard InChI is InChI=1S/C14H18O6/c15-10-6-14(19,13(18)12(17)11(10)16)8-20-7-9-4-2-1-3-5-9/h1-5,11-13,16-19H,6-8H2. The number of carbonyl (C=O) groups is 1. The largest absolute Gasteiger partial charge is 0.387 e. The van der Waals surface area contributed by atoms with Crippen molar-refractivity contribution in [2.75, 3.05) is 6.61 Å². The highest BCUT2D eigenvalue weighted by molar-refractivity contribution is 5.85. The number of carbonyl (C=O) groups excluding carboxylic acids is 1. The number of hydrogen-bond donors (Lipinski definition) is 4. The minimum atomic E-state index is -1.88. The van der Waals surface area contributed by atoms with Gasteiger partial charge in [-0.25, -0.2) is 0 Å². The predicted octanol–water partition coefficient (Wildman–Crippen LogP) is -1.01. The van der Waals surface area contributed by atoms with E-state index in [1.807, 2.05) is 30.3 Å². The Kier molecular flexibility index (Phi) is 4.52. The van der Waals surface area contributed by atoms with Crippen molar-refractivity contribution < 1.29 is 30.0 Å². The van der Waals surface area contributed by atoms with Crippen LogP contribution in [0.4, 0.5) is 0 Å². The number of aliphatic hydroxyl groups excluding tert-OH is 3. The first-order valence-electron chi connectivity index (χ1n) is 6.35. The first-order chi connectivity index (χ1) is 9.44. The monoisotopic (exact) mass is 282 g/mol. The van der Waals surface area contributed by atoms with Gasteiger partial charge in [0.1, 0.15) is 23.9 Å². The molecule has 0 aromatic heterocycles. The smallest absolute Gasteiger partial charge is 0.167 e. The molecule has 20 heavy (non-hydrogen) atoms. The average Bonchev–Trinajstić information content (AvgIpc) is 2.44. The number of benzene rings is 1. The van der Waals surface area contributed by atoms with Crippen molar-refractivity contribution in [1.82, 2.24) is 0 Å². The third-order valence-corrected chi connectivity index (χ3v) is 3.47. The quantitative estimate of drug-likeness (QED) is 0.564. The van der Waals surface area contributed by atoms with Crippen LogP contribution < -0.4 is 0 Å². The number of hydrogen-bond acceptors (Lipinski definition) is 6. The highest BCUT2D eigenvalue weighted by Crippen LogP contribution is 2.28. The minimum absolute atomic E-state index is 0.211. The third-order valence-electron chi connectivity index (χ3n) is 3.47. The van der Waals surface area contributed by atoms with Crippen LogP contribution in [0.25, 0.3) is 0 Å². The molecule has 6 heteroatoms. The van der Waals surface area contributed by atoms with Gasteiger partial charge in [0, 0.05) is 6.42 Å². The second kappa shape index (κ2) is 5.99. The maximum Gasteiger partial charge on any atom is 0.167 e. The van der Waals surface area contributed by atoms with Gasteiger partial charge in [-0.1, -0.05) is 30.3 Å². The summed E-state index contributed by atoms with van der Waals surface area (Å²) >= 11 is 0. The SMILES string of the molecule is O=C1CC(O)(COCc2ccccc2)C(O)C(O)C1O. The van der Waals surface area contributed by atoms with E-state index >= 15 is 0 Å². The fourth-order valence-electron chi connectivity index (χ4n) is 2.25. The zero-order valence-electron chi connectivity index (χ0n) is 10.8. The summed E-state index contributed by atoms with van der Waals surface area (Å²) < 4.78 is 5.31. The summed E-state index contributed by atoms with van der Waals surface area (Å²) in [6.07, 6.45) is -5.46. The molecule has 1 aliphatic rings. The lowest BCUT2D eigenvalue weighted by atomic mass is 9.78. The van der Waals surface area contributed by atoms with Gasteiger partial charge < -0.3 is 25.2 Å². The van der Waals surface area contributed by atoms with Gasteiger partial charge in [-0.15, -0.1) is 0 Å². The molecule has 6 nitrogen and oxygen atoms in total. The molecule has 0 aliphatic heterocycles. The van der Waals surface area contributed by atoms with Crippen LogP contribution in [0.3, 0.4) is 0 Å². The van der Waals surface area contributed by atoms with Crippen LogP contribution in [-0.2, 0) is 16.1 Å². The zero-order chi connectivity index (χ0) is 14.8. The molecular weight excluding hydrogens is 264 g/mol. The summed E-state index contributed by atoms with van der Waals surface area (Å²) in [5.74, 6) is -0.714. The lowest BCUT2D eigenvalue weighted by Crippen LogP contribution is -2.63. The van der Waals surface area contributed by atoms with Gasteiger partial charge in [0.15, 0.2) is 5.78 Å². The second-order valence-electron chi connectivity index (χ2n) is 5.11. The summed E-state index contributed by atoms with van der Waals surface area (Å²) in [5, 5.41) is 38.9. The van der Waals surface area contributed by atoms with Gasteiger partial charge >= 0.3 is 0 Å². The van der Waals surface area contributed by atoms with E-state index in [1.165, 1.54) is 0 Å². The Hall–Kier alpha value is -1.31. The Morgan fingerprint density at radius 2 is 1.85 bits per heavy atom. The molecule has 1 fully saturated rings. The van der Waals surface area contributed by atoms with Gasteiger partial charge in [-0.2, -0.15) is 0 Å². The van der Waals surface area contributed by atoms with Crippen LogP contribution >= 0.6 is 0 Å². The molecule has 0 saturated heterocycles. The minimum Gasteiger partial charge on any atom is -0.387 e. The van der Waals surface area contributed by atoms with E-state index in [4.69, 9.17) is 4.74 Å². The van der Waals surface area contributed by atoms with Gasteiger partial charge in [0.2, 0.25) is 0 Å². The van der Waals surface area contributed by atoms with Crippen molar-refractivity contribution in [2.45, 2.75) is 36.9 Å². The fraction of sp³-hybridized carbons (Fsp3) is 0.500. The Balaban J connectivity index is 1.95. The molecule has 4 N–H and O–H groups in total. The molecule has 4 unspecified atom stereocenters. The molecule has 1 aliphatic carbocycles. The van der Waals surface area contributed by atoms with E-state index in [1.54, 1.807) is 0 Å². The number of ether oxygens (including phenoxy) is 1. The topological polar surface area (TPSA) is 107 Å². The molecule has 0 heterocycles. The van der Waals surface area contributed by atoms with E-state index in [9.17, 15) is 25.2 Å². The highest BCUT2D eigenvalue weighted by Gasteiger charge is 2.51. The molecule has 2 rings (SSSR count). The molecular formula is C14H18O6. The summed E-state index contributed by atoms with van der Waals surface area (Å²) in [5.41, 5.74) is -1.00. The maximum atomic E-state index is 11.5. The van der Waals surface area contributed by atoms with Crippen molar-refractivity contribution in [3.63, 3.8) is 0 Å². The molecule has 0 radical (unpaired) electrons. The van der Waals surface area contributed by atoms with Gasteiger partial charge in [-0.3, -0.25) is 4.79 Å². The van der Waals surface area contributed by atoms with Crippen LogP contribution in [0.2, 0.25) is 0 Å². The molecule has 0 amide bonds. The van der Waals surface area contributed by atoms with E-state index in [0.29, 0.717) is 0 Å². The Morgan fingerprint density at radius 3 is 2.50 bits per heavy atom. The second-order valence-corrected chi connectivity index (χ2v) is 5.11. The summed E-state index contributed by atoms with van der Waals surface area (Å²) in [6.45, 7) is -0.0959. The maximum absolute atomic E-state index is 11.5. The Labute approximate surface area is 116 Å². The third kappa shape index (κ3) is 3.05. The van der Waals surface area contributed by atoms with Crippen molar-refractivity contribution in [3.05, 3.63) is 35.9 Å². The normalized spacial score (nSPS) is 34.2. The zero-order valence-corrected chi connectivity index (χ0v) is 10.8. The van der Waals surface area contributed by atoms with Gasteiger partial charge in [0.25, 0.3) is 0 Å². The Bertz CT molecular complexity index is 462. The molecule has 110 valence electrons. The molecule has 1 aromatic rings. The summed E-state index contributed by atoms with van der Waals surface area (Å²) in [7, 11) is 0. The van der Waals surface area contributed by atoms with E-state index in [-0.39, 0.29) is 13.2 Å². The number of aliphatic hydroxyl groups is 4. The van der Waals surface area contributed by atoms with Crippen molar-refractivity contribution >= 4 is 5.78 Å². The molecule has 4 atom stereocenters. The van der Waals surface area contributed by atoms with Crippen LogP contribution in [0.15, 0.2) is 30.3 Å². The first-order valence-corrected chi connectivity index (χ1v) is 6.35. The van der Waals surface area contributed by atoms with Crippen molar-refractivity contribution in [2.24, 2.45) is 0 Å². The first kappa shape index (κ1) is 15.1. The summed E-state index contributed by atoms with van der Waals surface area (Å²) in [6, 6.07) is 9.22. The van der Waals surface area contributed by atoms with E-state index in [0.717, 1.165) is 5.56 Å². The molecule has 1 saturated carbocycles. The highest BCUT2D eigenvalue weighted by atomic mass is 16.5. The lowest BCUT2D eigenvalue weighted by molar-refractivity contribution is -0.204. The van der Waals surface area contributed by atoms with Gasteiger partial charge in [-0.05, 0) is 5.56 Å². The number of rotatable bonds is 4. The van der Waals surface area contributed by atoms with Crippen molar-refractivity contribution in [1.29, 1.82) is 0 Å². The van der Waals surface area contributed by atoms with Crippen LogP contribution in [0.1, 0.15) is 12.0 Å². The lowest BCUT2D eigenvalue weighted by Gasteiger charge is -2.40. The fourth-order valence-corrected chi connectivity index (χ4v) is 2.25. The van der Waals surface area contributed by atoms with E-state index < -0.39 is 36.1 Å². The number of ketones is 1. The average molecular weight is 282 g/mol. The molecule has 0 bridgehead atoms. The predicted molar refractivity (Wildman–Crippen MR) is 68.7 cm³/mol. The van der Waals surface area contributed by atoms with Crippen LogP contribution in [0.5, 0.6) is 0 Å². The number of Topliss-reactive ketones (excluding diaryl/α,β-unsaturated/α-hetero) is 1. The van der Waals surface area contributed by atoms with Crippen LogP contribution in [-0.4, -0.2) is 56.7 Å².